The van der Waals surface area contributed by atoms with Crippen molar-refractivity contribution in [2.24, 2.45) is 0 Å². The molecule has 0 saturated heterocycles. The summed E-state index contributed by atoms with van der Waals surface area (Å²) in [5, 5.41) is 8.04. The van der Waals surface area contributed by atoms with Crippen molar-refractivity contribution in [2.75, 3.05) is 0 Å². The van der Waals surface area contributed by atoms with Crippen LogP contribution in [-0.2, 0) is 0 Å². The predicted octanol–water partition coefficient (Wildman–Crippen LogP) is 5.40. The quantitative estimate of drug-likeness (QED) is 0.291. The molecule has 0 aliphatic heterocycles. The van der Waals surface area contributed by atoms with Crippen molar-refractivity contribution in [1.29, 1.82) is 0 Å². The van der Waals surface area contributed by atoms with Gasteiger partial charge in [-0.15, -0.1) is 12.8 Å². The number of rotatable bonds is 0. The van der Waals surface area contributed by atoms with Gasteiger partial charge in [-0.2, -0.15) is 0 Å². The molecule has 0 unspecified atom stereocenters. The number of benzene rings is 4. The third-order valence-corrected chi connectivity index (χ3v) is 3.65. The first-order valence-electron chi connectivity index (χ1n) is 6.57. The van der Waals surface area contributed by atoms with Crippen molar-refractivity contribution in [2.45, 2.75) is 0 Å². The van der Waals surface area contributed by atoms with E-state index in [1.807, 2.05) is 0 Å². The lowest BCUT2D eigenvalue weighted by Gasteiger charge is -2.09. The Kier molecular flexibility index (Phi) is 3.11. The van der Waals surface area contributed by atoms with Crippen molar-refractivity contribution in [3.8, 4) is 12.8 Å². The SMILES string of the molecule is C#C.c1ccc2c(c1)c1ccccc1c1ccccc21. The minimum Gasteiger partial charge on any atom is -0.124 e. The standard InChI is InChI=1S/C18H12.C2H2/c1-2-8-14-13(7-1)15-9-3-4-11-17(15)18-12-6-5-10-16(14)18;1-2/h1-12H;1-2H. The van der Waals surface area contributed by atoms with Gasteiger partial charge in [0.1, 0.15) is 0 Å². The molecule has 0 amide bonds. The third kappa shape index (κ3) is 1.73. The normalized spacial score (nSPS) is 10.3. The van der Waals surface area contributed by atoms with E-state index in [4.69, 9.17) is 0 Å². The summed E-state index contributed by atoms with van der Waals surface area (Å²) in [7, 11) is 0. The van der Waals surface area contributed by atoms with Crippen molar-refractivity contribution in [3.63, 3.8) is 0 Å². The van der Waals surface area contributed by atoms with E-state index in [0.29, 0.717) is 0 Å². The smallest absolute Gasteiger partial charge is 0.00990 e. The van der Waals surface area contributed by atoms with Crippen molar-refractivity contribution in [1.82, 2.24) is 0 Å². The van der Waals surface area contributed by atoms with Crippen LogP contribution in [0.5, 0.6) is 0 Å². The van der Waals surface area contributed by atoms with Gasteiger partial charge in [-0.3, -0.25) is 0 Å². The molecule has 0 nitrogen and oxygen atoms in total. The van der Waals surface area contributed by atoms with Gasteiger partial charge in [-0.25, -0.2) is 0 Å². The van der Waals surface area contributed by atoms with Gasteiger partial charge < -0.3 is 0 Å². The van der Waals surface area contributed by atoms with Crippen molar-refractivity contribution >= 4 is 32.3 Å². The first-order valence-corrected chi connectivity index (χ1v) is 6.57. The van der Waals surface area contributed by atoms with Gasteiger partial charge in [0.2, 0.25) is 0 Å². The van der Waals surface area contributed by atoms with Crippen LogP contribution in [0.15, 0.2) is 72.8 Å². The lowest BCUT2D eigenvalue weighted by atomic mass is 9.95. The summed E-state index contributed by atoms with van der Waals surface area (Å²) in [6, 6.07) is 26.0. The lowest BCUT2D eigenvalue weighted by molar-refractivity contribution is 1.77. The van der Waals surface area contributed by atoms with Gasteiger partial charge in [-0.1, -0.05) is 72.8 Å². The Hall–Kier alpha value is -2.78. The summed E-state index contributed by atoms with van der Waals surface area (Å²) in [5.41, 5.74) is 0. The molecule has 0 radical (unpaired) electrons. The highest BCUT2D eigenvalue weighted by Gasteiger charge is 2.06. The summed E-state index contributed by atoms with van der Waals surface area (Å²) < 4.78 is 0. The molecule has 0 heteroatoms. The van der Waals surface area contributed by atoms with Gasteiger partial charge in [0.05, 0.1) is 0 Å². The Bertz CT molecular complexity index is 693. The molecule has 0 N–H and O–H groups in total. The number of hydrogen-bond acceptors (Lipinski definition) is 0. The minimum absolute atomic E-state index is 1.34. The predicted molar refractivity (Wildman–Crippen MR) is 88.9 cm³/mol. The van der Waals surface area contributed by atoms with Crippen molar-refractivity contribution in [3.05, 3.63) is 72.8 Å². The Morgan fingerprint density at radius 3 is 0.650 bits per heavy atom. The Labute approximate surface area is 118 Å². The molecular formula is C20H14. The molecule has 0 aromatic heterocycles. The molecule has 0 fully saturated rings. The first kappa shape index (κ1) is 12.3. The Balaban J connectivity index is 0.000000581. The van der Waals surface area contributed by atoms with E-state index < -0.39 is 0 Å². The molecule has 4 aromatic carbocycles. The summed E-state index contributed by atoms with van der Waals surface area (Å²) >= 11 is 0. The first-order chi connectivity index (χ1) is 9.95. The Morgan fingerprint density at radius 1 is 0.350 bits per heavy atom. The maximum atomic E-state index is 4.00. The minimum atomic E-state index is 1.34. The van der Waals surface area contributed by atoms with Crippen LogP contribution in [0.4, 0.5) is 0 Å². The van der Waals surface area contributed by atoms with Crippen LogP contribution in [0.1, 0.15) is 0 Å². The molecule has 0 aliphatic rings. The van der Waals surface area contributed by atoms with E-state index in [0.717, 1.165) is 0 Å². The van der Waals surface area contributed by atoms with Gasteiger partial charge >= 0.3 is 0 Å². The molecule has 0 spiro atoms. The zero-order valence-corrected chi connectivity index (χ0v) is 11.1. The molecule has 20 heavy (non-hydrogen) atoms. The van der Waals surface area contributed by atoms with Crippen LogP contribution in [0.2, 0.25) is 0 Å². The van der Waals surface area contributed by atoms with E-state index in [1.165, 1.54) is 32.3 Å². The fourth-order valence-corrected chi connectivity index (χ4v) is 2.86. The number of terminal acetylenes is 1. The van der Waals surface area contributed by atoms with E-state index in [1.54, 1.807) is 0 Å². The monoisotopic (exact) mass is 254 g/mol. The van der Waals surface area contributed by atoms with E-state index >= 15 is 0 Å². The second kappa shape index (κ2) is 5.07. The van der Waals surface area contributed by atoms with Gasteiger partial charge in [0.25, 0.3) is 0 Å². The molecular weight excluding hydrogens is 240 g/mol. The Morgan fingerprint density at radius 2 is 0.500 bits per heavy atom. The van der Waals surface area contributed by atoms with Crippen LogP contribution in [0.3, 0.4) is 0 Å². The molecule has 0 aliphatic carbocycles. The molecule has 0 heterocycles. The van der Waals surface area contributed by atoms with Crippen LogP contribution < -0.4 is 0 Å². The molecule has 0 bridgehead atoms. The molecule has 4 aromatic rings. The highest BCUT2D eigenvalue weighted by atomic mass is 14.1. The molecule has 0 saturated carbocycles. The zero-order valence-electron chi connectivity index (χ0n) is 11.1. The third-order valence-electron chi connectivity index (χ3n) is 3.65. The molecule has 94 valence electrons. The second-order valence-corrected chi connectivity index (χ2v) is 4.64. The highest BCUT2D eigenvalue weighted by Crippen LogP contribution is 2.34. The largest absolute Gasteiger partial charge is 0.124 e. The lowest BCUT2D eigenvalue weighted by Crippen LogP contribution is -1.81. The van der Waals surface area contributed by atoms with Crippen LogP contribution in [0.25, 0.3) is 32.3 Å². The zero-order chi connectivity index (χ0) is 13.9. The maximum Gasteiger partial charge on any atom is -0.00990 e. The summed E-state index contributed by atoms with van der Waals surface area (Å²) in [4.78, 5) is 0. The van der Waals surface area contributed by atoms with Crippen molar-refractivity contribution < 1.29 is 0 Å². The van der Waals surface area contributed by atoms with E-state index in [9.17, 15) is 0 Å². The summed E-state index contributed by atoms with van der Waals surface area (Å²) in [5.74, 6) is 0. The van der Waals surface area contributed by atoms with Crippen LogP contribution >= 0.6 is 0 Å². The average molecular weight is 254 g/mol. The number of hydrogen-bond donors (Lipinski definition) is 0. The second-order valence-electron chi connectivity index (χ2n) is 4.64. The van der Waals surface area contributed by atoms with Crippen LogP contribution in [-0.4, -0.2) is 0 Å². The van der Waals surface area contributed by atoms with E-state index in [-0.39, 0.29) is 0 Å². The van der Waals surface area contributed by atoms with Gasteiger partial charge in [0.15, 0.2) is 0 Å². The summed E-state index contributed by atoms with van der Waals surface area (Å²) in [6.45, 7) is 0. The topological polar surface area (TPSA) is 0 Å². The fraction of sp³-hybridized carbons (Fsp3) is 0. The number of fused-ring (bicyclic) bond motifs is 6. The van der Waals surface area contributed by atoms with E-state index in [2.05, 4.69) is 85.6 Å². The highest BCUT2D eigenvalue weighted by molar-refractivity contribution is 6.25. The molecule has 4 rings (SSSR count). The fourth-order valence-electron chi connectivity index (χ4n) is 2.86. The van der Waals surface area contributed by atoms with Crippen LogP contribution in [0, 0.1) is 12.8 Å². The summed E-state index contributed by atoms with van der Waals surface area (Å²) in [6.07, 6.45) is 8.00. The maximum absolute atomic E-state index is 4.00. The van der Waals surface area contributed by atoms with Gasteiger partial charge in [-0.05, 0) is 32.3 Å². The molecule has 0 atom stereocenters. The average Bonchev–Trinajstić information content (AvgIpc) is 2.57. The van der Waals surface area contributed by atoms with Gasteiger partial charge in [0, 0.05) is 0 Å².